The standard InChI is InChI=1S/C27H23NO7/c1-3-33-20-11-10-17(14-21(20)32-2)24-23(25(29)22-13-16-7-4-5-9-19(16)35-22)26(30)27(31)28(24)15-18-8-6-12-34-18/h4-14,24,30H,3,15H2,1-2H3. The molecule has 0 aliphatic carbocycles. The first-order chi connectivity index (χ1) is 17.0. The molecular formula is C27H23NO7. The molecule has 1 atom stereocenters. The maximum atomic E-state index is 13.7. The molecule has 4 aromatic rings. The summed E-state index contributed by atoms with van der Waals surface area (Å²) in [6.07, 6.45) is 1.50. The van der Waals surface area contributed by atoms with Crippen molar-refractivity contribution in [3.8, 4) is 11.5 Å². The summed E-state index contributed by atoms with van der Waals surface area (Å²) < 4.78 is 22.3. The number of rotatable bonds is 8. The second kappa shape index (κ2) is 9.06. The van der Waals surface area contributed by atoms with Crippen LogP contribution in [0.25, 0.3) is 11.0 Å². The summed E-state index contributed by atoms with van der Waals surface area (Å²) in [5.74, 6) is -0.379. The number of benzene rings is 2. The van der Waals surface area contributed by atoms with Crippen LogP contribution >= 0.6 is 0 Å². The molecule has 0 saturated carbocycles. The average Bonchev–Trinajstić information content (AvgIpc) is 3.60. The van der Waals surface area contributed by atoms with Gasteiger partial charge in [0.15, 0.2) is 23.0 Å². The number of hydrogen-bond acceptors (Lipinski definition) is 7. The third-order valence-electron chi connectivity index (χ3n) is 5.91. The van der Waals surface area contributed by atoms with Gasteiger partial charge in [0.2, 0.25) is 5.78 Å². The first-order valence-corrected chi connectivity index (χ1v) is 11.1. The van der Waals surface area contributed by atoms with E-state index in [9.17, 15) is 14.7 Å². The van der Waals surface area contributed by atoms with E-state index < -0.39 is 23.5 Å². The summed E-state index contributed by atoms with van der Waals surface area (Å²) in [6, 6.07) is 16.5. The molecule has 1 aliphatic rings. The molecule has 1 amide bonds. The Morgan fingerprint density at radius 2 is 1.91 bits per heavy atom. The molecule has 35 heavy (non-hydrogen) atoms. The van der Waals surface area contributed by atoms with Crippen LogP contribution in [0.3, 0.4) is 0 Å². The van der Waals surface area contributed by atoms with Gasteiger partial charge in [-0.3, -0.25) is 9.59 Å². The Kier molecular flexibility index (Phi) is 5.78. The normalized spacial score (nSPS) is 15.8. The Bertz CT molecular complexity index is 1400. The first-order valence-electron chi connectivity index (χ1n) is 11.1. The van der Waals surface area contributed by atoms with Gasteiger partial charge in [-0.1, -0.05) is 24.3 Å². The second-order valence-electron chi connectivity index (χ2n) is 8.00. The van der Waals surface area contributed by atoms with Crippen LogP contribution in [0.4, 0.5) is 0 Å². The van der Waals surface area contributed by atoms with Gasteiger partial charge in [-0.15, -0.1) is 0 Å². The van der Waals surface area contributed by atoms with Gasteiger partial charge in [-0.05, 0) is 48.9 Å². The molecule has 2 aromatic heterocycles. The van der Waals surface area contributed by atoms with Crippen molar-refractivity contribution in [3.05, 3.63) is 95.3 Å². The van der Waals surface area contributed by atoms with E-state index in [4.69, 9.17) is 18.3 Å². The maximum Gasteiger partial charge on any atom is 0.290 e. The van der Waals surface area contributed by atoms with Crippen LogP contribution in [0, 0.1) is 0 Å². The average molecular weight is 473 g/mol. The Labute approximate surface area is 201 Å². The van der Waals surface area contributed by atoms with Crippen LogP contribution in [0.1, 0.15) is 34.8 Å². The molecule has 1 N–H and O–H groups in total. The van der Waals surface area contributed by atoms with Crippen molar-refractivity contribution in [2.24, 2.45) is 0 Å². The number of fused-ring (bicyclic) bond motifs is 1. The lowest BCUT2D eigenvalue weighted by molar-refractivity contribution is -0.130. The van der Waals surface area contributed by atoms with Crippen molar-refractivity contribution in [2.75, 3.05) is 13.7 Å². The van der Waals surface area contributed by atoms with Crippen molar-refractivity contribution >= 4 is 22.7 Å². The molecule has 0 saturated heterocycles. The molecule has 8 nitrogen and oxygen atoms in total. The van der Waals surface area contributed by atoms with Gasteiger partial charge in [-0.25, -0.2) is 0 Å². The number of ether oxygens (including phenoxy) is 2. The number of amides is 1. The fourth-order valence-corrected chi connectivity index (χ4v) is 4.32. The summed E-state index contributed by atoms with van der Waals surface area (Å²) in [6.45, 7) is 2.35. The minimum Gasteiger partial charge on any atom is -0.503 e. The van der Waals surface area contributed by atoms with E-state index >= 15 is 0 Å². The molecule has 0 spiro atoms. The Hall–Kier alpha value is -4.46. The molecule has 3 heterocycles. The number of nitrogens with zero attached hydrogens (tertiary/aromatic N) is 1. The van der Waals surface area contributed by atoms with Crippen molar-refractivity contribution in [3.63, 3.8) is 0 Å². The zero-order chi connectivity index (χ0) is 24.5. The number of carbonyl (C=O) groups excluding carboxylic acids is 2. The molecule has 1 aliphatic heterocycles. The van der Waals surface area contributed by atoms with Crippen molar-refractivity contribution < 1.29 is 33.0 Å². The third-order valence-corrected chi connectivity index (χ3v) is 5.91. The van der Waals surface area contributed by atoms with Crippen molar-refractivity contribution in [1.29, 1.82) is 0 Å². The number of Topliss-reactive ketones (excluding diaryl/α,β-unsaturated/α-hetero) is 1. The van der Waals surface area contributed by atoms with Gasteiger partial charge < -0.3 is 28.3 Å². The first kappa shape index (κ1) is 22.3. The van der Waals surface area contributed by atoms with E-state index in [1.165, 1.54) is 18.3 Å². The lowest BCUT2D eigenvalue weighted by Gasteiger charge is -2.26. The number of carbonyl (C=O) groups is 2. The summed E-state index contributed by atoms with van der Waals surface area (Å²) in [7, 11) is 1.51. The summed E-state index contributed by atoms with van der Waals surface area (Å²) in [5.41, 5.74) is 1.02. The fraction of sp³-hybridized carbons (Fsp3) is 0.185. The molecule has 0 bridgehead atoms. The molecule has 0 radical (unpaired) electrons. The van der Waals surface area contributed by atoms with E-state index in [2.05, 4.69) is 0 Å². The largest absolute Gasteiger partial charge is 0.503 e. The van der Waals surface area contributed by atoms with Crippen LogP contribution in [-0.4, -0.2) is 35.4 Å². The monoisotopic (exact) mass is 473 g/mol. The van der Waals surface area contributed by atoms with Gasteiger partial charge >= 0.3 is 0 Å². The Morgan fingerprint density at radius 3 is 2.63 bits per heavy atom. The predicted octanol–water partition coefficient (Wildman–Crippen LogP) is 5.21. The molecule has 8 heteroatoms. The van der Waals surface area contributed by atoms with Gasteiger partial charge in [-0.2, -0.15) is 0 Å². The SMILES string of the molecule is CCOc1ccc(C2C(C(=O)c3cc4ccccc4o3)=C(O)C(=O)N2Cc2ccco2)cc1OC. The molecule has 5 rings (SSSR count). The van der Waals surface area contributed by atoms with Crippen molar-refractivity contribution in [2.45, 2.75) is 19.5 Å². The zero-order valence-corrected chi connectivity index (χ0v) is 19.2. The highest BCUT2D eigenvalue weighted by Gasteiger charge is 2.45. The molecule has 2 aromatic carbocycles. The summed E-state index contributed by atoms with van der Waals surface area (Å²) in [4.78, 5) is 28.2. The van der Waals surface area contributed by atoms with Crippen LogP contribution in [0.2, 0.25) is 0 Å². The van der Waals surface area contributed by atoms with Gasteiger partial charge in [0.05, 0.1) is 38.1 Å². The predicted molar refractivity (Wildman–Crippen MR) is 126 cm³/mol. The number of hydrogen-bond donors (Lipinski definition) is 1. The summed E-state index contributed by atoms with van der Waals surface area (Å²) in [5, 5.41) is 11.6. The minimum absolute atomic E-state index is 0.0308. The van der Waals surface area contributed by atoms with Crippen LogP contribution in [0.15, 0.2) is 87.1 Å². The van der Waals surface area contributed by atoms with E-state index in [-0.39, 0.29) is 17.9 Å². The van der Waals surface area contributed by atoms with E-state index in [0.29, 0.717) is 35.0 Å². The van der Waals surface area contributed by atoms with E-state index in [0.717, 1.165) is 5.39 Å². The van der Waals surface area contributed by atoms with Gasteiger partial charge in [0, 0.05) is 5.39 Å². The highest BCUT2D eigenvalue weighted by atomic mass is 16.5. The number of furan rings is 2. The number of aliphatic hydroxyl groups is 1. The molecule has 178 valence electrons. The maximum absolute atomic E-state index is 13.7. The number of aliphatic hydroxyl groups excluding tert-OH is 1. The van der Waals surface area contributed by atoms with E-state index in [1.54, 1.807) is 48.5 Å². The highest BCUT2D eigenvalue weighted by Crippen LogP contribution is 2.42. The van der Waals surface area contributed by atoms with Crippen LogP contribution < -0.4 is 9.47 Å². The lowest BCUT2D eigenvalue weighted by Crippen LogP contribution is -2.30. The van der Waals surface area contributed by atoms with Crippen LogP contribution in [0.5, 0.6) is 11.5 Å². The second-order valence-corrected chi connectivity index (χ2v) is 8.00. The summed E-state index contributed by atoms with van der Waals surface area (Å²) >= 11 is 0. The highest BCUT2D eigenvalue weighted by molar-refractivity contribution is 6.16. The van der Waals surface area contributed by atoms with Crippen LogP contribution in [-0.2, 0) is 11.3 Å². The number of para-hydroxylation sites is 1. The minimum atomic E-state index is -0.905. The Morgan fingerprint density at radius 1 is 1.09 bits per heavy atom. The number of ketones is 1. The topological polar surface area (TPSA) is 102 Å². The number of methoxy groups -OCH3 is 1. The molecular weight excluding hydrogens is 450 g/mol. The smallest absolute Gasteiger partial charge is 0.290 e. The lowest BCUT2D eigenvalue weighted by atomic mass is 9.94. The fourth-order valence-electron chi connectivity index (χ4n) is 4.32. The van der Waals surface area contributed by atoms with Gasteiger partial charge in [0.25, 0.3) is 5.91 Å². The Balaban J connectivity index is 1.62. The molecule has 1 unspecified atom stereocenters. The zero-order valence-electron chi connectivity index (χ0n) is 19.2. The molecule has 0 fully saturated rings. The van der Waals surface area contributed by atoms with Crippen molar-refractivity contribution in [1.82, 2.24) is 4.90 Å². The van der Waals surface area contributed by atoms with E-state index in [1.807, 2.05) is 19.1 Å². The third kappa shape index (κ3) is 3.93. The van der Waals surface area contributed by atoms with Gasteiger partial charge in [0.1, 0.15) is 11.3 Å². The quantitative estimate of drug-likeness (QED) is 0.350.